The SMILES string of the molecule is CCCn1cc(S(=O)(=O)N(C)CC2CCC2)c(N)n1. The quantitative estimate of drug-likeness (QED) is 0.854. The highest BCUT2D eigenvalue weighted by Gasteiger charge is 2.29. The molecule has 0 radical (unpaired) electrons. The van der Waals surface area contributed by atoms with Gasteiger partial charge in [-0.25, -0.2) is 12.7 Å². The van der Waals surface area contributed by atoms with Gasteiger partial charge in [0.25, 0.3) is 0 Å². The third-order valence-electron chi connectivity index (χ3n) is 3.64. The number of sulfonamides is 1. The summed E-state index contributed by atoms with van der Waals surface area (Å²) < 4.78 is 27.9. The molecular weight excluding hydrogens is 264 g/mol. The first-order chi connectivity index (χ1) is 8.95. The summed E-state index contributed by atoms with van der Waals surface area (Å²) in [5.41, 5.74) is 5.74. The highest BCUT2D eigenvalue weighted by atomic mass is 32.2. The van der Waals surface area contributed by atoms with Gasteiger partial charge in [-0.15, -0.1) is 0 Å². The normalized spacial score (nSPS) is 16.8. The maximum absolute atomic E-state index is 12.4. The molecule has 108 valence electrons. The minimum atomic E-state index is -3.51. The van der Waals surface area contributed by atoms with Crippen molar-refractivity contribution >= 4 is 15.8 Å². The van der Waals surface area contributed by atoms with Crippen LogP contribution in [0, 0.1) is 5.92 Å². The van der Waals surface area contributed by atoms with E-state index in [1.54, 1.807) is 11.7 Å². The van der Waals surface area contributed by atoms with Crippen LogP contribution in [0.1, 0.15) is 32.6 Å². The van der Waals surface area contributed by atoms with E-state index in [0.29, 0.717) is 19.0 Å². The second kappa shape index (κ2) is 5.50. The molecule has 1 aromatic heterocycles. The Labute approximate surface area is 114 Å². The molecule has 1 aromatic rings. The van der Waals surface area contributed by atoms with E-state index in [0.717, 1.165) is 19.3 Å². The largest absolute Gasteiger partial charge is 0.381 e. The van der Waals surface area contributed by atoms with Crippen molar-refractivity contribution in [3.05, 3.63) is 6.20 Å². The summed E-state index contributed by atoms with van der Waals surface area (Å²) in [6, 6.07) is 0. The topological polar surface area (TPSA) is 81.2 Å². The van der Waals surface area contributed by atoms with Crippen LogP contribution >= 0.6 is 0 Å². The van der Waals surface area contributed by atoms with E-state index in [2.05, 4.69) is 5.10 Å². The predicted octanol–water partition coefficient (Wildman–Crippen LogP) is 1.30. The van der Waals surface area contributed by atoms with Crippen LogP contribution in [0.2, 0.25) is 0 Å². The van der Waals surface area contributed by atoms with Gasteiger partial charge in [-0.05, 0) is 25.2 Å². The van der Waals surface area contributed by atoms with E-state index >= 15 is 0 Å². The lowest BCUT2D eigenvalue weighted by Crippen LogP contribution is -2.34. The summed E-state index contributed by atoms with van der Waals surface area (Å²) in [6.07, 6.45) is 5.86. The minimum Gasteiger partial charge on any atom is -0.381 e. The molecule has 0 aliphatic heterocycles. The monoisotopic (exact) mass is 286 g/mol. The Morgan fingerprint density at radius 1 is 1.53 bits per heavy atom. The van der Waals surface area contributed by atoms with Crippen molar-refractivity contribution in [3.63, 3.8) is 0 Å². The molecule has 0 spiro atoms. The minimum absolute atomic E-state index is 0.0916. The van der Waals surface area contributed by atoms with Gasteiger partial charge in [-0.3, -0.25) is 4.68 Å². The van der Waals surface area contributed by atoms with Gasteiger partial charge in [0.15, 0.2) is 5.82 Å². The van der Waals surface area contributed by atoms with Gasteiger partial charge >= 0.3 is 0 Å². The molecule has 1 aliphatic carbocycles. The summed E-state index contributed by atoms with van der Waals surface area (Å²) in [5.74, 6) is 0.584. The zero-order valence-electron chi connectivity index (χ0n) is 11.5. The molecule has 0 amide bonds. The fourth-order valence-electron chi connectivity index (χ4n) is 2.27. The first-order valence-electron chi connectivity index (χ1n) is 6.74. The number of nitrogens with two attached hydrogens (primary N) is 1. The Morgan fingerprint density at radius 2 is 2.21 bits per heavy atom. The van der Waals surface area contributed by atoms with Crippen LogP contribution in [0.3, 0.4) is 0 Å². The van der Waals surface area contributed by atoms with Gasteiger partial charge in [0.2, 0.25) is 10.0 Å². The van der Waals surface area contributed by atoms with E-state index in [-0.39, 0.29) is 10.7 Å². The summed E-state index contributed by atoms with van der Waals surface area (Å²) in [5, 5.41) is 4.05. The molecule has 19 heavy (non-hydrogen) atoms. The fourth-order valence-corrected chi connectivity index (χ4v) is 3.57. The maximum Gasteiger partial charge on any atom is 0.248 e. The molecule has 0 unspecified atom stereocenters. The zero-order chi connectivity index (χ0) is 14.0. The average molecular weight is 286 g/mol. The van der Waals surface area contributed by atoms with Crippen molar-refractivity contribution in [1.82, 2.24) is 14.1 Å². The van der Waals surface area contributed by atoms with Crippen LogP contribution in [0.4, 0.5) is 5.82 Å². The van der Waals surface area contributed by atoms with E-state index in [9.17, 15) is 8.42 Å². The van der Waals surface area contributed by atoms with Crippen LogP contribution < -0.4 is 5.73 Å². The summed E-state index contributed by atoms with van der Waals surface area (Å²) in [6.45, 7) is 3.25. The molecule has 2 rings (SSSR count). The Kier molecular flexibility index (Phi) is 4.15. The average Bonchev–Trinajstić information content (AvgIpc) is 2.65. The Morgan fingerprint density at radius 3 is 2.74 bits per heavy atom. The summed E-state index contributed by atoms with van der Waals surface area (Å²) in [7, 11) is -1.90. The smallest absolute Gasteiger partial charge is 0.248 e. The van der Waals surface area contributed by atoms with E-state index in [4.69, 9.17) is 5.73 Å². The highest BCUT2D eigenvalue weighted by Crippen LogP contribution is 2.29. The standard InChI is InChI=1S/C12H22N4O2S/c1-3-7-16-9-11(12(13)14-16)19(17,18)15(2)8-10-5-4-6-10/h9-10H,3-8H2,1-2H3,(H2,13,14). The van der Waals surface area contributed by atoms with E-state index in [1.807, 2.05) is 6.92 Å². The number of hydrogen-bond acceptors (Lipinski definition) is 4. The first kappa shape index (κ1) is 14.3. The molecule has 2 N–H and O–H groups in total. The predicted molar refractivity (Wildman–Crippen MR) is 74.1 cm³/mol. The van der Waals surface area contributed by atoms with Crippen LogP contribution in [0.25, 0.3) is 0 Å². The molecule has 1 saturated carbocycles. The second-order valence-electron chi connectivity index (χ2n) is 5.22. The molecule has 1 heterocycles. The molecule has 0 saturated heterocycles. The molecule has 1 fully saturated rings. The van der Waals surface area contributed by atoms with Crippen LogP contribution in [-0.4, -0.2) is 36.1 Å². The lowest BCUT2D eigenvalue weighted by atomic mass is 9.86. The van der Waals surface area contributed by atoms with Gasteiger partial charge in [-0.1, -0.05) is 13.3 Å². The van der Waals surface area contributed by atoms with Crippen molar-refractivity contribution in [2.75, 3.05) is 19.3 Å². The van der Waals surface area contributed by atoms with Gasteiger partial charge in [-0.2, -0.15) is 5.10 Å². The highest BCUT2D eigenvalue weighted by molar-refractivity contribution is 7.89. The number of anilines is 1. The van der Waals surface area contributed by atoms with E-state index in [1.165, 1.54) is 16.9 Å². The van der Waals surface area contributed by atoms with Crippen molar-refractivity contribution < 1.29 is 8.42 Å². The van der Waals surface area contributed by atoms with Crippen molar-refractivity contribution in [2.24, 2.45) is 5.92 Å². The Balaban J connectivity index is 2.17. The molecule has 7 heteroatoms. The van der Waals surface area contributed by atoms with Gasteiger partial charge < -0.3 is 5.73 Å². The number of nitrogens with zero attached hydrogens (tertiary/aromatic N) is 3. The van der Waals surface area contributed by atoms with Crippen LogP contribution in [-0.2, 0) is 16.6 Å². The molecule has 0 aromatic carbocycles. The van der Waals surface area contributed by atoms with Crippen LogP contribution in [0.15, 0.2) is 11.1 Å². The summed E-state index contributed by atoms with van der Waals surface area (Å²) >= 11 is 0. The number of rotatable bonds is 6. The van der Waals surface area contributed by atoms with Gasteiger partial charge in [0.05, 0.1) is 0 Å². The number of aromatic nitrogens is 2. The zero-order valence-corrected chi connectivity index (χ0v) is 12.4. The third kappa shape index (κ3) is 2.92. The molecule has 6 nitrogen and oxygen atoms in total. The van der Waals surface area contributed by atoms with Crippen molar-refractivity contribution in [3.8, 4) is 0 Å². The van der Waals surface area contributed by atoms with Crippen molar-refractivity contribution in [1.29, 1.82) is 0 Å². The number of nitrogen functional groups attached to an aromatic ring is 1. The fraction of sp³-hybridized carbons (Fsp3) is 0.750. The molecular formula is C12H22N4O2S. The Hall–Kier alpha value is -1.08. The lowest BCUT2D eigenvalue weighted by molar-refractivity contribution is 0.263. The van der Waals surface area contributed by atoms with Gasteiger partial charge in [0.1, 0.15) is 4.90 Å². The molecule has 0 atom stereocenters. The van der Waals surface area contributed by atoms with E-state index < -0.39 is 10.0 Å². The molecule has 0 bridgehead atoms. The third-order valence-corrected chi connectivity index (χ3v) is 5.48. The van der Waals surface area contributed by atoms with Gasteiger partial charge in [0, 0.05) is 26.3 Å². The van der Waals surface area contributed by atoms with Crippen molar-refractivity contribution in [2.45, 2.75) is 44.0 Å². The number of aryl methyl sites for hydroxylation is 1. The lowest BCUT2D eigenvalue weighted by Gasteiger charge is -2.29. The maximum atomic E-state index is 12.4. The van der Waals surface area contributed by atoms with Crippen LogP contribution in [0.5, 0.6) is 0 Å². The number of hydrogen-bond donors (Lipinski definition) is 1. The second-order valence-corrected chi connectivity index (χ2v) is 7.24. The first-order valence-corrected chi connectivity index (χ1v) is 8.18. The molecule has 1 aliphatic rings. The Bertz CT molecular complexity index is 534. The summed E-state index contributed by atoms with van der Waals surface area (Å²) in [4.78, 5) is 0.128.